The third kappa shape index (κ3) is 3.83. The van der Waals surface area contributed by atoms with Crippen molar-refractivity contribution in [3.8, 4) is 6.07 Å². The van der Waals surface area contributed by atoms with Gasteiger partial charge in [-0.15, -0.1) is 0 Å². The number of nitriles is 1. The molecule has 0 atom stereocenters. The van der Waals surface area contributed by atoms with Crippen molar-refractivity contribution in [2.45, 2.75) is 13.8 Å². The Bertz CT molecular complexity index is 298. The van der Waals surface area contributed by atoms with E-state index in [1.807, 2.05) is 0 Å². The molecule has 0 aliphatic heterocycles. The third-order valence-electron chi connectivity index (χ3n) is 1.41. The van der Waals surface area contributed by atoms with Gasteiger partial charge in [0.15, 0.2) is 0 Å². The molecule has 14 heavy (non-hydrogen) atoms. The number of carbonyl (C=O) groups excluding carboxylic acids is 2. The van der Waals surface area contributed by atoms with E-state index in [-0.39, 0.29) is 11.5 Å². The van der Waals surface area contributed by atoms with Crippen LogP contribution < -0.4 is 0 Å². The molecule has 0 fully saturated rings. The van der Waals surface area contributed by atoms with Crippen LogP contribution in [-0.4, -0.2) is 23.7 Å². The molecule has 5 nitrogen and oxygen atoms in total. The maximum absolute atomic E-state index is 11.2. The first kappa shape index (κ1) is 12.3. The van der Waals surface area contributed by atoms with Crippen molar-refractivity contribution in [2.24, 2.45) is 5.92 Å². The normalized spacial score (nSPS) is 10.9. The highest BCUT2D eigenvalue weighted by molar-refractivity contribution is 5.97. The first-order valence-corrected chi connectivity index (χ1v) is 3.98. The van der Waals surface area contributed by atoms with Crippen LogP contribution in [0.2, 0.25) is 0 Å². The Morgan fingerprint density at radius 1 is 1.57 bits per heavy atom. The molecule has 0 bridgehead atoms. The average molecular weight is 197 g/mol. The van der Waals surface area contributed by atoms with Gasteiger partial charge in [0.05, 0.1) is 11.6 Å². The molecule has 76 valence electrons. The van der Waals surface area contributed by atoms with Gasteiger partial charge in [-0.2, -0.15) is 5.26 Å². The highest BCUT2D eigenvalue weighted by atomic mass is 16.6. The molecule has 0 aromatic carbocycles. The lowest BCUT2D eigenvalue weighted by atomic mass is 10.0. The van der Waals surface area contributed by atoms with E-state index in [0.29, 0.717) is 0 Å². The molecular formula is C9H11NO4. The maximum atomic E-state index is 11.2. The number of allylic oxidation sites excluding steroid dienone is 1. The number of nitrogens with zero attached hydrogens (tertiary/aromatic N) is 1. The molecule has 5 heteroatoms. The lowest BCUT2D eigenvalue weighted by molar-refractivity contribution is -0.159. The summed E-state index contributed by atoms with van der Waals surface area (Å²) < 4.78 is 4.23. The molecule has 0 radical (unpaired) electrons. The van der Waals surface area contributed by atoms with Crippen LogP contribution in [0.3, 0.4) is 0 Å². The maximum Gasteiger partial charge on any atom is 0.342 e. The van der Waals surface area contributed by atoms with E-state index in [9.17, 15) is 9.59 Å². The molecule has 0 aliphatic carbocycles. The predicted octanol–water partition coefficient (Wildman–Crippen LogP) is 0.154. The number of hydrogen-bond acceptors (Lipinski definition) is 5. The van der Waals surface area contributed by atoms with E-state index >= 15 is 0 Å². The summed E-state index contributed by atoms with van der Waals surface area (Å²) in [5, 5.41) is 16.7. The Balaban J connectivity index is 4.57. The molecule has 0 spiro atoms. The molecule has 0 aliphatic rings. The van der Waals surface area contributed by atoms with Gasteiger partial charge in [-0.3, -0.25) is 0 Å². The summed E-state index contributed by atoms with van der Waals surface area (Å²) in [6, 6.07) is 1.68. The van der Waals surface area contributed by atoms with Crippen LogP contribution >= 0.6 is 0 Å². The molecule has 1 N–H and O–H groups in total. The molecule has 0 amide bonds. The SMILES string of the molecule is CC(C)C(=CC#N)C(=O)OC(=O)CO. The molecule has 0 rings (SSSR count). The van der Waals surface area contributed by atoms with Crippen molar-refractivity contribution in [1.82, 2.24) is 0 Å². The van der Waals surface area contributed by atoms with Crippen molar-refractivity contribution in [2.75, 3.05) is 6.61 Å². The van der Waals surface area contributed by atoms with Crippen LogP contribution in [0.15, 0.2) is 11.6 Å². The average Bonchev–Trinajstić information content (AvgIpc) is 2.13. The molecule has 0 aromatic heterocycles. The van der Waals surface area contributed by atoms with Crippen LogP contribution in [0, 0.1) is 17.2 Å². The van der Waals surface area contributed by atoms with Crippen LogP contribution in [0.4, 0.5) is 0 Å². The van der Waals surface area contributed by atoms with Crippen molar-refractivity contribution in [3.05, 3.63) is 11.6 Å². The number of rotatable bonds is 3. The van der Waals surface area contributed by atoms with Gasteiger partial charge in [-0.25, -0.2) is 9.59 Å². The molecular weight excluding hydrogens is 186 g/mol. The van der Waals surface area contributed by atoms with Gasteiger partial charge < -0.3 is 9.84 Å². The zero-order chi connectivity index (χ0) is 11.1. The summed E-state index contributed by atoms with van der Waals surface area (Å²) in [4.78, 5) is 21.7. The van der Waals surface area contributed by atoms with Gasteiger partial charge >= 0.3 is 11.9 Å². The van der Waals surface area contributed by atoms with Crippen LogP contribution in [0.25, 0.3) is 0 Å². The lowest BCUT2D eigenvalue weighted by Crippen LogP contribution is -2.19. The monoisotopic (exact) mass is 197 g/mol. The standard InChI is InChI=1S/C9H11NO4/c1-6(2)7(3-4-10)9(13)14-8(12)5-11/h3,6,11H,5H2,1-2H3. The number of carbonyl (C=O) groups is 2. The first-order chi connectivity index (χ1) is 6.52. The van der Waals surface area contributed by atoms with Crippen LogP contribution in [-0.2, 0) is 14.3 Å². The van der Waals surface area contributed by atoms with Gasteiger partial charge in [0, 0.05) is 6.08 Å². The minimum Gasteiger partial charge on any atom is -0.388 e. The van der Waals surface area contributed by atoms with Crippen LogP contribution in [0.5, 0.6) is 0 Å². The summed E-state index contributed by atoms with van der Waals surface area (Å²) in [6.45, 7) is 2.52. The smallest absolute Gasteiger partial charge is 0.342 e. The van der Waals surface area contributed by atoms with E-state index < -0.39 is 18.5 Å². The molecule has 0 unspecified atom stereocenters. The Labute approximate surface area is 81.6 Å². The Kier molecular flexibility index (Phi) is 5.19. The van der Waals surface area contributed by atoms with E-state index in [1.54, 1.807) is 19.9 Å². The minimum atomic E-state index is -1.03. The van der Waals surface area contributed by atoms with E-state index in [4.69, 9.17) is 10.4 Å². The Hall–Kier alpha value is -1.67. The largest absolute Gasteiger partial charge is 0.388 e. The van der Waals surface area contributed by atoms with E-state index in [0.717, 1.165) is 6.08 Å². The summed E-state index contributed by atoms with van der Waals surface area (Å²) in [7, 11) is 0. The molecule has 0 saturated carbocycles. The summed E-state index contributed by atoms with van der Waals surface area (Å²) in [5.41, 5.74) is 0.106. The van der Waals surface area contributed by atoms with E-state index in [2.05, 4.69) is 4.74 Å². The molecule has 0 saturated heterocycles. The Morgan fingerprint density at radius 2 is 2.14 bits per heavy atom. The van der Waals surface area contributed by atoms with Crippen molar-refractivity contribution >= 4 is 11.9 Å². The van der Waals surface area contributed by atoms with Gasteiger partial charge in [-0.1, -0.05) is 13.8 Å². The zero-order valence-corrected chi connectivity index (χ0v) is 7.98. The Morgan fingerprint density at radius 3 is 2.50 bits per heavy atom. The minimum absolute atomic E-state index is 0.106. The van der Waals surface area contributed by atoms with E-state index in [1.165, 1.54) is 0 Å². The second kappa shape index (κ2) is 5.89. The summed E-state index contributed by atoms with van der Waals surface area (Å²) >= 11 is 0. The number of esters is 2. The quantitative estimate of drug-likeness (QED) is 0.301. The fraction of sp³-hybridized carbons (Fsp3) is 0.444. The van der Waals surface area contributed by atoms with Crippen molar-refractivity contribution in [3.63, 3.8) is 0 Å². The van der Waals surface area contributed by atoms with Crippen molar-refractivity contribution < 1.29 is 19.4 Å². The lowest BCUT2D eigenvalue weighted by Gasteiger charge is -2.07. The highest BCUT2D eigenvalue weighted by Gasteiger charge is 2.17. The highest BCUT2D eigenvalue weighted by Crippen LogP contribution is 2.10. The zero-order valence-electron chi connectivity index (χ0n) is 7.98. The topological polar surface area (TPSA) is 87.4 Å². The van der Waals surface area contributed by atoms with Gasteiger partial charge in [-0.05, 0) is 5.92 Å². The molecule has 0 heterocycles. The van der Waals surface area contributed by atoms with Gasteiger partial charge in [0.1, 0.15) is 6.61 Å². The first-order valence-electron chi connectivity index (χ1n) is 3.98. The summed E-state index contributed by atoms with van der Waals surface area (Å²) in [5.74, 6) is -2.13. The molecule has 0 aromatic rings. The van der Waals surface area contributed by atoms with Crippen LogP contribution in [0.1, 0.15) is 13.8 Å². The number of aliphatic hydroxyl groups is 1. The number of aliphatic hydroxyl groups excluding tert-OH is 1. The number of ether oxygens (including phenoxy) is 1. The van der Waals surface area contributed by atoms with Gasteiger partial charge in [0.2, 0.25) is 0 Å². The predicted molar refractivity (Wildman–Crippen MR) is 46.7 cm³/mol. The third-order valence-corrected chi connectivity index (χ3v) is 1.41. The second-order valence-corrected chi connectivity index (χ2v) is 2.80. The summed E-state index contributed by atoms with van der Waals surface area (Å²) in [6.07, 6.45) is 1.03. The fourth-order valence-corrected chi connectivity index (χ4v) is 0.725. The van der Waals surface area contributed by atoms with Gasteiger partial charge in [0.25, 0.3) is 0 Å². The fourth-order valence-electron chi connectivity index (χ4n) is 0.725. The number of hydrogen-bond donors (Lipinski definition) is 1. The second-order valence-electron chi connectivity index (χ2n) is 2.80. The van der Waals surface area contributed by atoms with Crippen molar-refractivity contribution in [1.29, 1.82) is 5.26 Å².